The van der Waals surface area contributed by atoms with Crippen LogP contribution in [0.3, 0.4) is 0 Å². The zero-order valence-electron chi connectivity index (χ0n) is 11.1. The topological polar surface area (TPSA) is 38.3 Å². The summed E-state index contributed by atoms with van der Waals surface area (Å²) in [6, 6.07) is 5.64. The summed E-state index contributed by atoms with van der Waals surface area (Å²) in [5.41, 5.74) is 0.615. The molecule has 0 aromatic heterocycles. The monoisotopic (exact) mass is 313 g/mol. The highest BCUT2D eigenvalue weighted by Gasteiger charge is 2.14. The van der Waals surface area contributed by atoms with Gasteiger partial charge in [0.25, 0.3) is 5.91 Å². The number of methoxy groups -OCH3 is 1. The lowest BCUT2D eigenvalue weighted by Gasteiger charge is -2.17. The molecule has 0 saturated heterocycles. The largest absolute Gasteiger partial charge is 0.497 e. The molecule has 0 heterocycles. The number of ether oxygens (including phenoxy) is 1. The van der Waals surface area contributed by atoms with E-state index in [0.717, 1.165) is 23.7 Å². The number of rotatable bonds is 6. The second kappa shape index (κ2) is 7.41. The van der Waals surface area contributed by atoms with E-state index < -0.39 is 0 Å². The smallest absolute Gasteiger partial charge is 0.252 e. The Hall–Kier alpha value is -1.03. The first-order chi connectivity index (χ1) is 8.62. The van der Waals surface area contributed by atoms with Gasteiger partial charge in [-0.2, -0.15) is 0 Å². The SMILES string of the molecule is CCCC(CC)NC(=O)c1cc(OC)ccc1Br. The number of hydrogen-bond acceptors (Lipinski definition) is 2. The summed E-state index contributed by atoms with van der Waals surface area (Å²) in [5, 5.41) is 3.05. The fraction of sp³-hybridized carbons (Fsp3) is 0.500. The zero-order chi connectivity index (χ0) is 13.5. The molecule has 1 amide bonds. The number of carbonyl (C=O) groups excluding carboxylic acids is 1. The van der Waals surface area contributed by atoms with Crippen LogP contribution in [0.15, 0.2) is 22.7 Å². The fourth-order valence-corrected chi connectivity index (χ4v) is 2.22. The van der Waals surface area contributed by atoms with Crippen molar-refractivity contribution in [2.45, 2.75) is 39.2 Å². The molecule has 0 aliphatic carbocycles. The third-order valence-corrected chi connectivity index (χ3v) is 3.57. The van der Waals surface area contributed by atoms with Crippen LogP contribution in [-0.4, -0.2) is 19.1 Å². The lowest BCUT2D eigenvalue weighted by atomic mass is 10.1. The van der Waals surface area contributed by atoms with Gasteiger partial charge in [0, 0.05) is 10.5 Å². The highest BCUT2D eigenvalue weighted by Crippen LogP contribution is 2.22. The predicted molar refractivity (Wildman–Crippen MR) is 77.1 cm³/mol. The molecule has 0 fully saturated rings. The average molecular weight is 314 g/mol. The molecule has 100 valence electrons. The Morgan fingerprint density at radius 1 is 1.44 bits per heavy atom. The average Bonchev–Trinajstić information content (AvgIpc) is 2.38. The second-order valence-corrected chi connectivity index (χ2v) is 5.07. The van der Waals surface area contributed by atoms with Crippen molar-refractivity contribution in [3.05, 3.63) is 28.2 Å². The molecule has 1 unspecified atom stereocenters. The summed E-state index contributed by atoms with van der Waals surface area (Å²) >= 11 is 3.39. The van der Waals surface area contributed by atoms with E-state index >= 15 is 0 Å². The standard InChI is InChI=1S/C14H20BrNO2/c1-4-6-10(5-2)16-14(17)12-9-11(18-3)7-8-13(12)15/h7-10H,4-6H2,1-3H3,(H,16,17). The minimum absolute atomic E-state index is 0.0546. The molecule has 1 aromatic carbocycles. The van der Waals surface area contributed by atoms with Gasteiger partial charge in [-0.3, -0.25) is 4.79 Å². The zero-order valence-corrected chi connectivity index (χ0v) is 12.7. The molecule has 0 bridgehead atoms. The Morgan fingerprint density at radius 3 is 2.72 bits per heavy atom. The van der Waals surface area contributed by atoms with Crippen molar-refractivity contribution in [1.82, 2.24) is 5.32 Å². The number of amides is 1. The van der Waals surface area contributed by atoms with Gasteiger partial charge >= 0.3 is 0 Å². The maximum atomic E-state index is 12.2. The normalized spacial score (nSPS) is 12.0. The first-order valence-corrected chi connectivity index (χ1v) is 7.06. The van der Waals surface area contributed by atoms with Gasteiger partial charge in [-0.1, -0.05) is 20.3 Å². The molecule has 1 rings (SSSR count). The van der Waals surface area contributed by atoms with Crippen LogP contribution in [0, 0.1) is 0 Å². The maximum Gasteiger partial charge on any atom is 0.252 e. The van der Waals surface area contributed by atoms with Crippen molar-refractivity contribution >= 4 is 21.8 Å². The van der Waals surface area contributed by atoms with Gasteiger partial charge in [0.05, 0.1) is 12.7 Å². The van der Waals surface area contributed by atoms with Crippen molar-refractivity contribution < 1.29 is 9.53 Å². The van der Waals surface area contributed by atoms with E-state index in [1.54, 1.807) is 13.2 Å². The van der Waals surface area contributed by atoms with E-state index in [1.807, 2.05) is 12.1 Å². The van der Waals surface area contributed by atoms with Crippen LogP contribution in [0.25, 0.3) is 0 Å². The molecule has 1 N–H and O–H groups in total. The van der Waals surface area contributed by atoms with Gasteiger partial charge in [-0.05, 0) is 47.0 Å². The molecule has 0 spiro atoms. The number of nitrogens with one attached hydrogen (secondary N) is 1. The lowest BCUT2D eigenvalue weighted by Crippen LogP contribution is -2.34. The van der Waals surface area contributed by atoms with Crippen LogP contribution in [-0.2, 0) is 0 Å². The molecule has 0 aliphatic rings. The van der Waals surface area contributed by atoms with Crippen molar-refractivity contribution in [1.29, 1.82) is 0 Å². The summed E-state index contributed by atoms with van der Waals surface area (Å²) in [7, 11) is 1.59. The van der Waals surface area contributed by atoms with Crippen LogP contribution in [0.5, 0.6) is 5.75 Å². The quantitative estimate of drug-likeness (QED) is 0.868. The Labute approximate surface area is 117 Å². The molecule has 1 atom stereocenters. The van der Waals surface area contributed by atoms with Gasteiger partial charge in [-0.25, -0.2) is 0 Å². The first kappa shape index (κ1) is 15.0. The molecule has 0 radical (unpaired) electrons. The number of halogens is 1. The van der Waals surface area contributed by atoms with Crippen molar-refractivity contribution in [3.63, 3.8) is 0 Å². The van der Waals surface area contributed by atoms with E-state index in [2.05, 4.69) is 35.1 Å². The van der Waals surface area contributed by atoms with Crippen molar-refractivity contribution in [2.24, 2.45) is 0 Å². The number of benzene rings is 1. The maximum absolute atomic E-state index is 12.2. The molecule has 4 heteroatoms. The fourth-order valence-electron chi connectivity index (χ4n) is 1.80. The minimum atomic E-state index is -0.0546. The van der Waals surface area contributed by atoms with Crippen LogP contribution < -0.4 is 10.1 Å². The molecule has 0 saturated carbocycles. The third kappa shape index (κ3) is 4.02. The van der Waals surface area contributed by atoms with E-state index in [-0.39, 0.29) is 11.9 Å². The second-order valence-electron chi connectivity index (χ2n) is 4.21. The van der Waals surface area contributed by atoms with E-state index in [1.165, 1.54) is 0 Å². The summed E-state index contributed by atoms with van der Waals surface area (Å²) in [5.74, 6) is 0.632. The van der Waals surface area contributed by atoms with Crippen LogP contribution in [0.4, 0.5) is 0 Å². The Kier molecular flexibility index (Phi) is 6.19. The molecule has 3 nitrogen and oxygen atoms in total. The molecular weight excluding hydrogens is 294 g/mol. The first-order valence-electron chi connectivity index (χ1n) is 6.26. The molecule has 18 heavy (non-hydrogen) atoms. The molecular formula is C14H20BrNO2. The van der Waals surface area contributed by atoms with Gasteiger partial charge in [0.15, 0.2) is 0 Å². The summed E-state index contributed by atoms with van der Waals surface area (Å²) < 4.78 is 5.92. The van der Waals surface area contributed by atoms with E-state index in [0.29, 0.717) is 11.3 Å². The highest BCUT2D eigenvalue weighted by molar-refractivity contribution is 9.10. The van der Waals surface area contributed by atoms with Gasteiger partial charge < -0.3 is 10.1 Å². The highest BCUT2D eigenvalue weighted by atomic mass is 79.9. The van der Waals surface area contributed by atoms with Crippen molar-refractivity contribution in [3.8, 4) is 5.75 Å². The Balaban J connectivity index is 2.82. The van der Waals surface area contributed by atoms with Gasteiger partial charge in [-0.15, -0.1) is 0 Å². The van der Waals surface area contributed by atoms with Crippen LogP contribution in [0.1, 0.15) is 43.5 Å². The van der Waals surface area contributed by atoms with Gasteiger partial charge in [0.2, 0.25) is 0 Å². The number of carbonyl (C=O) groups is 1. The Bertz CT molecular complexity index is 407. The number of hydrogen-bond donors (Lipinski definition) is 1. The summed E-state index contributed by atoms with van der Waals surface area (Å²) in [4.78, 5) is 12.2. The summed E-state index contributed by atoms with van der Waals surface area (Å²) in [6.07, 6.45) is 3.02. The van der Waals surface area contributed by atoms with Crippen molar-refractivity contribution in [2.75, 3.05) is 7.11 Å². The molecule has 1 aromatic rings. The summed E-state index contributed by atoms with van der Waals surface area (Å²) in [6.45, 7) is 4.21. The van der Waals surface area contributed by atoms with Crippen LogP contribution in [0.2, 0.25) is 0 Å². The van der Waals surface area contributed by atoms with E-state index in [9.17, 15) is 4.79 Å². The van der Waals surface area contributed by atoms with Crippen LogP contribution >= 0.6 is 15.9 Å². The Morgan fingerprint density at radius 2 is 2.17 bits per heavy atom. The lowest BCUT2D eigenvalue weighted by molar-refractivity contribution is 0.0932. The van der Waals surface area contributed by atoms with E-state index in [4.69, 9.17) is 4.74 Å². The van der Waals surface area contributed by atoms with Gasteiger partial charge in [0.1, 0.15) is 5.75 Å². The third-order valence-electron chi connectivity index (χ3n) is 2.88. The minimum Gasteiger partial charge on any atom is -0.497 e. The predicted octanol–water partition coefficient (Wildman–Crippen LogP) is 3.77. The molecule has 0 aliphatic heterocycles.